The fourth-order valence-corrected chi connectivity index (χ4v) is 4.28. The van der Waals surface area contributed by atoms with Crippen molar-refractivity contribution < 1.29 is 18.0 Å². The van der Waals surface area contributed by atoms with Gasteiger partial charge in [0.15, 0.2) is 5.65 Å². The first-order valence-corrected chi connectivity index (χ1v) is 11.1. The van der Waals surface area contributed by atoms with Crippen molar-refractivity contribution in [3.05, 3.63) is 78.0 Å². The molecular weight excluding hydrogens is 457 g/mol. The van der Waals surface area contributed by atoms with E-state index < -0.39 is 11.7 Å². The normalized spacial score (nSPS) is 12.0. The molecule has 3 aromatic heterocycles. The molecule has 35 heavy (non-hydrogen) atoms. The minimum absolute atomic E-state index is 0.189. The fraction of sp³-hybridized carbons (Fsp3) is 0.240. The number of nitrogens with zero attached hydrogens (tertiary/aromatic N) is 5. The Morgan fingerprint density at radius 3 is 2.51 bits per heavy atom. The van der Waals surface area contributed by atoms with Crippen LogP contribution in [-0.2, 0) is 26.7 Å². The van der Waals surface area contributed by atoms with E-state index in [-0.39, 0.29) is 5.91 Å². The zero-order valence-corrected chi connectivity index (χ0v) is 19.2. The molecule has 0 bridgehead atoms. The number of hydrogen-bond donors (Lipinski definition) is 1. The van der Waals surface area contributed by atoms with Crippen molar-refractivity contribution in [2.24, 2.45) is 14.1 Å². The summed E-state index contributed by atoms with van der Waals surface area (Å²) in [6.45, 7) is 0.512. The minimum Gasteiger partial charge on any atom is -0.352 e. The molecule has 180 valence electrons. The highest BCUT2D eigenvalue weighted by atomic mass is 19.4. The summed E-state index contributed by atoms with van der Waals surface area (Å²) < 4.78 is 44.5. The number of imidazole rings is 1. The number of amides is 1. The minimum atomic E-state index is -4.41. The van der Waals surface area contributed by atoms with Gasteiger partial charge in [-0.3, -0.25) is 14.0 Å². The Balaban J connectivity index is 1.42. The lowest BCUT2D eigenvalue weighted by molar-refractivity contribution is -0.137. The molecule has 0 saturated heterocycles. The second-order valence-corrected chi connectivity index (χ2v) is 8.47. The average molecular weight is 480 g/mol. The maximum absolute atomic E-state index is 13.0. The molecule has 0 unspecified atom stereocenters. The maximum Gasteiger partial charge on any atom is 0.416 e. The van der Waals surface area contributed by atoms with Gasteiger partial charge in [-0.05, 0) is 48.9 Å². The molecule has 0 saturated carbocycles. The molecule has 5 aromatic rings. The van der Waals surface area contributed by atoms with Crippen molar-refractivity contribution in [1.82, 2.24) is 29.2 Å². The second kappa shape index (κ2) is 8.61. The number of rotatable bonds is 6. The lowest BCUT2D eigenvalue weighted by atomic mass is 10.1. The van der Waals surface area contributed by atoms with Crippen molar-refractivity contribution in [2.75, 3.05) is 6.54 Å². The van der Waals surface area contributed by atoms with Gasteiger partial charge < -0.3 is 9.88 Å². The van der Waals surface area contributed by atoms with E-state index in [0.717, 1.165) is 47.1 Å². The Morgan fingerprint density at radius 2 is 1.83 bits per heavy atom. The largest absolute Gasteiger partial charge is 0.416 e. The topological polar surface area (TPSA) is 69.7 Å². The number of fused-ring (bicyclic) bond motifs is 3. The molecule has 5 rings (SSSR count). The van der Waals surface area contributed by atoms with Crippen molar-refractivity contribution in [1.29, 1.82) is 0 Å². The van der Waals surface area contributed by atoms with E-state index in [9.17, 15) is 18.0 Å². The molecular formula is C25H23F3N6O. The van der Waals surface area contributed by atoms with E-state index in [1.807, 2.05) is 24.0 Å². The lowest BCUT2D eigenvalue weighted by Gasteiger charge is -2.10. The maximum atomic E-state index is 13.0. The van der Waals surface area contributed by atoms with Crippen LogP contribution in [0.3, 0.4) is 0 Å². The van der Waals surface area contributed by atoms with E-state index in [0.29, 0.717) is 23.4 Å². The first-order valence-electron chi connectivity index (χ1n) is 11.1. The number of alkyl halides is 3. The first kappa shape index (κ1) is 22.7. The van der Waals surface area contributed by atoms with E-state index in [4.69, 9.17) is 0 Å². The molecule has 3 heterocycles. The van der Waals surface area contributed by atoms with E-state index >= 15 is 0 Å². The molecule has 0 atom stereocenters. The van der Waals surface area contributed by atoms with Crippen LogP contribution < -0.4 is 5.32 Å². The highest BCUT2D eigenvalue weighted by Gasteiger charge is 2.30. The standard InChI is InChI=1S/C25H23F3N6O/c1-32-13-12-29-22(32)4-3-11-30-24(35)16-5-10-21-19(14-16)20-15-33(2)31-23(20)34(21)18-8-6-17(7-9-18)25(26,27)28/h5-10,12-15H,3-4,11H2,1-2H3,(H,30,35). The van der Waals surface area contributed by atoms with Crippen LogP contribution >= 0.6 is 0 Å². The van der Waals surface area contributed by atoms with Gasteiger partial charge >= 0.3 is 6.18 Å². The molecule has 0 radical (unpaired) electrons. The quantitative estimate of drug-likeness (QED) is 0.360. The van der Waals surface area contributed by atoms with Crippen molar-refractivity contribution in [3.63, 3.8) is 0 Å². The summed E-state index contributed by atoms with van der Waals surface area (Å²) in [4.78, 5) is 17.1. The summed E-state index contributed by atoms with van der Waals surface area (Å²) in [5, 5.41) is 9.07. The van der Waals surface area contributed by atoms with Crippen molar-refractivity contribution in [2.45, 2.75) is 19.0 Å². The van der Waals surface area contributed by atoms with Gasteiger partial charge in [0, 0.05) is 67.7 Å². The number of hydrogen-bond acceptors (Lipinski definition) is 3. The molecule has 0 spiro atoms. The Hall–Kier alpha value is -4.08. The van der Waals surface area contributed by atoms with E-state index in [1.165, 1.54) is 12.1 Å². The zero-order valence-electron chi connectivity index (χ0n) is 19.2. The first-order chi connectivity index (χ1) is 16.7. The van der Waals surface area contributed by atoms with Crippen molar-refractivity contribution in [3.8, 4) is 5.69 Å². The van der Waals surface area contributed by atoms with Gasteiger partial charge in [0.25, 0.3) is 5.91 Å². The number of aromatic nitrogens is 5. The molecule has 2 aromatic carbocycles. The van der Waals surface area contributed by atoms with Gasteiger partial charge in [0.05, 0.1) is 11.1 Å². The zero-order chi connectivity index (χ0) is 24.7. The molecule has 0 aliphatic carbocycles. The van der Waals surface area contributed by atoms with E-state index in [2.05, 4.69) is 15.4 Å². The van der Waals surface area contributed by atoms with Crippen molar-refractivity contribution >= 4 is 27.8 Å². The highest BCUT2D eigenvalue weighted by molar-refractivity contribution is 6.10. The summed E-state index contributed by atoms with van der Waals surface area (Å²) in [5.74, 6) is 0.773. The van der Waals surface area contributed by atoms with Gasteiger partial charge in [-0.15, -0.1) is 0 Å². The second-order valence-electron chi connectivity index (χ2n) is 8.47. The Morgan fingerprint density at radius 1 is 1.06 bits per heavy atom. The van der Waals surface area contributed by atoms with Gasteiger partial charge in [-0.25, -0.2) is 4.98 Å². The van der Waals surface area contributed by atoms with Crippen LogP contribution in [0.25, 0.3) is 27.6 Å². The molecule has 10 heteroatoms. The fourth-order valence-electron chi connectivity index (χ4n) is 4.28. The Kier molecular flexibility index (Phi) is 5.58. The number of carbonyl (C=O) groups excluding carboxylic acids is 1. The lowest BCUT2D eigenvalue weighted by Crippen LogP contribution is -2.24. The van der Waals surface area contributed by atoms with Crippen LogP contribution in [0.5, 0.6) is 0 Å². The predicted molar refractivity (Wildman–Crippen MR) is 126 cm³/mol. The highest BCUT2D eigenvalue weighted by Crippen LogP contribution is 2.34. The molecule has 0 fully saturated rings. The van der Waals surface area contributed by atoms with E-state index in [1.54, 1.807) is 40.7 Å². The molecule has 1 amide bonds. The third kappa shape index (κ3) is 4.27. The third-order valence-electron chi connectivity index (χ3n) is 6.05. The monoisotopic (exact) mass is 480 g/mol. The predicted octanol–water partition coefficient (Wildman–Crippen LogP) is 4.63. The van der Waals surface area contributed by atoms with Crippen LogP contribution in [-0.4, -0.2) is 36.4 Å². The smallest absolute Gasteiger partial charge is 0.352 e. The van der Waals surface area contributed by atoms with Gasteiger partial charge in [0.1, 0.15) is 5.82 Å². The van der Waals surface area contributed by atoms with Gasteiger partial charge in [0.2, 0.25) is 0 Å². The summed E-state index contributed by atoms with van der Waals surface area (Å²) in [6, 6.07) is 10.3. The summed E-state index contributed by atoms with van der Waals surface area (Å²) >= 11 is 0. The SMILES string of the molecule is Cn1cc2c3cc(C(=O)NCCCc4nccn4C)ccc3n(-c3ccc(C(F)(F)F)cc3)c2n1. The van der Waals surface area contributed by atoms with Crippen LogP contribution in [0.1, 0.15) is 28.2 Å². The Bertz CT molecular complexity index is 1520. The summed E-state index contributed by atoms with van der Waals surface area (Å²) in [5.41, 5.74) is 1.72. The van der Waals surface area contributed by atoms with Gasteiger partial charge in [-0.1, -0.05) is 0 Å². The van der Waals surface area contributed by atoms with Crippen LogP contribution in [0.2, 0.25) is 0 Å². The molecule has 1 N–H and O–H groups in total. The summed E-state index contributed by atoms with van der Waals surface area (Å²) in [7, 11) is 3.72. The number of nitrogens with one attached hydrogen (secondary N) is 1. The number of carbonyl (C=O) groups is 1. The van der Waals surface area contributed by atoms with Gasteiger partial charge in [-0.2, -0.15) is 18.3 Å². The molecule has 0 aliphatic heterocycles. The molecule has 0 aliphatic rings. The number of benzene rings is 2. The Labute approximate surface area is 198 Å². The van der Waals surface area contributed by atoms with Crippen LogP contribution in [0.4, 0.5) is 13.2 Å². The summed E-state index contributed by atoms with van der Waals surface area (Å²) in [6.07, 6.45) is 2.59. The third-order valence-corrected chi connectivity index (χ3v) is 6.05. The number of halogens is 3. The average Bonchev–Trinajstić information content (AvgIpc) is 3.49. The molecule has 7 nitrogen and oxygen atoms in total. The van der Waals surface area contributed by atoms with Crippen LogP contribution in [0, 0.1) is 0 Å². The number of aryl methyl sites for hydroxylation is 3. The van der Waals surface area contributed by atoms with Crippen LogP contribution in [0.15, 0.2) is 61.1 Å².